The summed E-state index contributed by atoms with van der Waals surface area (Å²) in [5.74, 6) is 7.30. The molecule has 8 nitrogen and oxygen atoms in total. The molecule has 0 radical (unpaired) electrons. The molecule has 2 heterocycles. The zero-order valence-electron chi connectivity index (χ0n) is 13.2. The van der Waals surface area contributed by atoms with Gasteiger partial charge in [-0.25, -0.2) is 5.84 Å². The van der Waals surface area contributed by atoms with Crippen LogP contribution in [-0.2, 0) is 0 Å². The molecule has 0 bridgehead atoms. The summed E-state index contributed by atoms with van der Waals surface area (Å²) in [6, 6.07) is 0. The van der Waals surface area contributed by atoms with Crippen molar-refractivity contribution in [2.24, 2.45) is 5.84 Å². The first-order chi connectivity index (χ1) is 10.2. The Morgan fingerprint density at radius 3 is 2.52 bits per heavy atom. The fourth-order valence-corrected chi connectivity index (χ4v) is 2.45. The van der Waals surface area contributed by atoms with Crippen LogP contribution in [0.25, 0.3) is 0 Å². The van der Waals surface area contributed by atoms with Crippen molar-refractivity contribution in [2.75, 3.05) is 61.5 Å². The van der Waals surface area contributed by atoms with Crippen LogP contribution in [0.1, 0.15) is 20.3 Å². The first-order valence-corrected chi connectivity index (χ1v) is 7.59. The van der Waals surface area contributed by atoms with Crippen LogP contribution >= 0.6 is 0 Å². The van der Waals surface area contributed by atoms with E-state index >= 15 is 0 Å². The number of rotatable bonds is 5. The average Bonchev–Trinajstić information content (AvgIpc) is 2.73. The number of nitrogens with zero attached hydrogens (tertiary/aromatic N) is 6. The number of hydrogen-bond acceptors (Lipinski definition) is 8. The highest BCUT2D eigenvalue weighted by molar-refractivity contribution is 5.44. The van der Waals surface area contributed by atoms with Gasteiger partial charge in [0.1, 0.15) is 0 Å². The van der Waals surface area contributed by atoms with Gasteiger partial charge in [0.2, 0.25) is 17.8 Å². The highest BCUT2D eigenvalue weighted by atomic mass is 15.4. The molecule has 118 valence electrons. The number of nitrogen functional groups attached to an aromatic ring is 1. The zero-order valence-corrected chi connectivity index (χ0v) is 13.2. The van der Waals surface area contributed by atoms with Crippen LogP contribution in [0, 0.1) is 0 Å². The fourth-order valence-electron chi connectivity index (χ4n) is 2.45. The maximum Gasteiger partial charge on any atom is 0.243 e. The lowest BCUT2D eigenvalue weighted by molar-refractivity contribution is 0.360. The lowest BCUT2D eigenvalue weighted by Gasteiger charge is -2.24. The topological polar surface area (TPSA) is 86.4 Å². The Kier molecular flexibility index (Phi) is 5.51. The summed E-state index contributed by atoms with van der Waals surface area (Å²) in [6.45, 7) is 9.87. The summed E-state index contributed by atoms with van der Waals surface area (Å²) in [4.78, 5) is 20.0. The van der Waals surface area contributed by atoms with Crippen molar-refractivity contribution < 1.29 is 0 Å². The molecule has 0 atom stereocenters. The smallest absolute Gasteiger partial charge is 0.243 e. The molecular weight excluding hydrogens is 268 g/mol. The molecule has 3 N–H and O–H groups in total. The molecule has 1 aliphatic rings. The van der Waals surface area contributed by atoms with Crippen LogP contribution in [0.15, 0.2) is 0 Å². The number of anilines is 3. The quantitative estimate of drug-likeness (QED) is 0.586. The van der Waals surface area contributed by atoms with Gasteiger partial charge in [-0.05, 0) is 33.9 Å². The highest BCUT2D eigenvalue weighted by Gasteiger charge is 2.18. The molecule has 0 amide bonds. The van der Waals surface area contributed by atoms with Gasteiger partial charge in [0.05, 0.1) is 0 Å². The van der Waals surface area contributed by atoms with Gasteiger partial charge in [-0.3, -0.25) is 5.43 Å². The van der Waals surface area contributed by atoms with Gasteiger partial charge in [0.15, 0.2) is 0 Å². The number of aromatic nitrogens is 3. The number of hydrazine groups is 1. The SMILES string of the molecule is CCN(CC)c1nc(NN)nc(N2CCCN(C)CC2)n1. The monoisotopic (exact) mass is 294 g/mol. The van der Waals surface area contributed by atoms with Gasteiger partial charge < -0.3 is 14.7 Å². The van der Waals surface area contributed by atoms with Crippen LogP contribution in [0.5, 0.6) is 0 Å². The van der Waals surface area contributed by atoms with E-state index in [0.29, 0.717) is 17.8 Å². The van der Waals surface area contributed by atoms with Crippen molar-refractivity contribution in [2.45, 2.75) is 20.3 Å². The van der Waals surface area contributed by atoms with Crippen molar-refractivity contribution in [3.8, 4) is 0 Å². The van der Waals surface area contributed by atoms with E-state index in [9.17, 15) is 0 Å². The number of hydrogen-bond donors (Lipinski definition) is 2. The summed E-state index contributed by atoms with van der Waals surface area (Å²) in [5.41, 5.74) is 2.55. The first-order valence-electron chi connectivity index (χ1n) is 7.59. The van der Waals surface area contributed by atoms with Gasteiger partial charge in [-0.2, -0.15) is 15.0 Å². The minimum atomic E-state index is 0.416. The molecule has 21 heavy (non-hydrogen) atoms. The largest absolute Gasteiger partial charge is 0.341 e. The molecule has 0 unspecified atom stereocenters. The summed E-state index contributed by atoms with van der Waals surface area (Å²) >= 11 is 0. The molecule has 1 aromatic heterocycles. The summed E-state index contributed by atoms with van der Waals surface area (Å²) < 4.78 is 0. The van der Waals surface area contributed by atoms with Crippen molar-refractivity contribution in [3.05, 3.63) is 0 Å². The fraction of sp³-hybridized carbons (Fsp3) is 0.769. The van der Waals surface area contributed by atoms with Crippen LogP contribution < -0.4 is 21.1 Å². The van der Waals surface area contributed by atoms with Crippen LogP contribution in [-0.4, -0.2) is 66.2 Å². The van der Waals surface area contributed by atoms with E-state index < -0.39 is 0 Å². The van der Waals surface area contributed by atoms with Gasteiger partial charge in [-0.15, -0.1) is 0 Å². The third kappa shape index (κ3) is 3.92. The van der Waals surface area contributed by atoms with Crippen LogP contribution in [0.3, 0.4) is 0 Å². The second kappa shape index (κ2) is 7.37. The molecule has 2 rings (SSSR count). The van der Waals surface area contributed by atoms with E-state index in [1.54, 1.807) is 0 Å². The second-order valence-electron chi connectivity index (χ2n) is 5.22. The molecule has 0 spiro atoms. The van der Waals surface area contributed by atoms with Crippen LogP contribution in [0.4, 0.5) is 17.8 Å². The maximum absolute atomic E-state index is 5.51. The molecule has 0 saturated carbocycles. The molecule has 0 aromatic carbocycles. The lowest BCUT2D eigenvalue weighted by atomic mass is 10.4. The predicted molar refractivity (Wildman–Crippen MR) is 85.5 cm³/mol. The van der Waals surface area contributed by atoms with E-state index in [-0.39, 0.29) is 0 Å². The molecular formula is C13H26N8. The standard InChI is InChI=1S/C13H26N8/c1-4-20(5-2)12-15-11(18-14)16-13(17-12)21-8-6-7-19(3)9-10-21/h4-10,14H2,1-3H3,(H,15,16,17,18). The Balaban J connectivity index is 2.27. The van der Waals surface area contributed by atoms with E-state index in [2.05, 4.69) is 56.0 Å². The van der Waals surface area contributed by atoms with Gasteiger partial charge >= 0.3 is 0 Å². The average molecular weight is 294 g/mol. The summed E-state index contributed by atoms with van der Waals surface area (Å²) in [5, 5.41) is 0. The molecule has 1 saturated heterocycles. The third-order valence-electron chi connectivity index (χ3n) is 3.79. The molecule has 8 heteroatoms. The number of nitrogens with two attached hydrogens (primary N) is 1. The number of likely N-dealkylation sites (N-methyl/N-ethyl adjacent to an activating group) is 1. The van der Waals surface area contributed by atoms with Crippen molar-refractivity contribution in [1.82, 2.24) is 19.9 Å². The van der Waals surface area contributed by atoms with Crippen LogP contribution in [0.2, 0.25) is 0 Å². The highest BCUT2D eigenvalue weighted by Crippen LogP contribution is 2.17. The lowest BCUT2D eigenvalue weighted by Crippen LogP contribution is -2.32. The van der Waals surface area contributed by atoms with E-state index in [0.717, 1.165) is 45.7 Å². The minimum absolute atomic E-state index is 0.416. The summed E-state index contributed by atoms with van der Waals surface area (Å²) in [6.07, 6.45) is 1.11. The first kappa shape index (κ1) is 15.7. The normalized spacial score (nSPS) is 16.7. The number of nitrogens with one attached hydrogen (secondary N) is 1. The van der Waals surface area contributed by atoms with Crippen molar-refractivity contribution in [1.29, 1.82) is 0 Å². The van der Waals surface area contributed by atoms with E-state index in [4.69, 9.17) is 5.84 Å². The Morgan fingerprint density at radius 2 is 1.86 bits per heavy atom. The molecule has 1 aliphatic heterocycles. The van der Waals surface area contributed by atoms with Crippen molar-refractivity contribution >= 4 is 17.8 Å². The van der Waals surface area contributed by atoms with E-state index in [1.165, 1.54) is 0 Å². The van der Waals surface area contributed by atoms with E-state index in [1.807, 2.05) is 0 Å². The van der Waals surface area contributed by atoms with Crippen molar-refractivity contribution in [3.63, 3.8) is 0 Å². The zero-order chi connectivity index (χ0) is 15.2. The molecule has 0 aliphatic carbocycles. The van der Waals surface area contributed by atoms with Gasteiger partial charge in [0, 0.05) is 32.7 Å². The Bertz CT molecular complexity index is 448. The third-order valence-corrected chi connectivity index (χ3v) is 3.79. The van der Waals surface area contributed by atoms with Gasteiger partial charge in [-0.1, -0.05) is 0 Å². The second-order valence-corrected chi connectivity index (χ2v) is 5.22. The molecule has 1 fully saturated rings. The minimum Gasteiger partial charge on any atom is -0.341 e. The Morgan fingerprint density at radius 1 is 1.10 bits per heavy atom. The Hall–Kier alpha value is -1.67. The predicted octanol–water partition coefficient (Wildman–Crippen LogP) is 0.145. The maximum atomic E-state index is 5.51. The molecule has 1 aromatic rings. The Labute approximate surface area is 126 Å². The summed E-state index contributed by atoms with van der Waals surface area (Å²) in [7, 11) is 2.14. The van der Waals surface area contributed by atoms with Gasteiger partial charge in [0.25, 0.3) is 0 Å².